The van der Waals surface area contributed by atoms with Crippen LogP contribution in [0.15, 0.2) is 77.3 Å². The van der Waals surface area contributed by atoms with Gasteiger partial charge in [-0.15, -0.1) is 11.3 Å². The minimum Gasteiger partial charge on any atom is -0.494 e. The summed E-state index contributed by atoms with van der Waals surface area (Å²) >= 11 is 1.69. The Labute approximate surface area is 392 Å². The summed E-state index contributed by atoms with van der Waals surface area (Å²) in [6, 6.07) is 20.8. The van der Waals surface area contributed by atoms with Crippen LogP contribution in [0.3, 0.4) is 0 Å². The number of rotatable bonds is 24. The van der Waals surface area contributed by atoms with Crippen LogP contribution >= 0.6 is 11.3 Å². The molecule has 7 rings (SSSR count). The highest BCUT2D eigenvalue weighted by Gasteiger charge is 2.59. The number of carbonyl (C=O) groups is 1. The van der Waals surface area contributed by atoms with Crippen molar-refractivity contribution in [1.29, 1.82) is 0 Å². The van der Waals surface area contributed by atoms with Crippen LogP contribution in [0.2, 0.25) is 0 Å². The van der Waals surface area contributed by atoms with Crippen LogP contribution in [0, 0.1) is 46.3 Å². The predicted molar refractivity (Wildman–Crippen MR) is 269 cm³/mol. The molecule has 4 aliphatic rings. The normalized spacial score (nSPS) is 26.9. The molecule has 0 radical (unpaired) electrons. The molecule has 0 amide bonds. The van der Waals surface area contributed by atoms with E-state index in [0.29, 0.717) is 18.4 Å². The predicted octanol–water partition coefficient (Wildman–Crippen LogP) is 16.8. The third kappa shape index (κ3) is 12.5. The number of fused-ring (bicyclic) bond motifs is 5. The first kappa shape index (κ1) is 48.6. The molecular formula is C58H83NO4S. The molecule has 0 bridgehead atoms. The summed E-state index contributed by atoms with van der Waals surface area (Å²) in [6.07, 6.45) is 29.7. The topological polar surface area (TPSA) is 57.1 Å². The van der Waals surface area contributed by atoms with Crippen LogP contribution in [-0.4, -0.2) is 31.5 Å². The first-order valence-electron chi connectivity index (χ1n) is 26.0. The molecule has 1 aromatic heterocycles. The SMILES string of the molecule is CCCCCCCCOc1ccc(-c2ccc(/N=C/c3ccc(OCCCCCC(=O)OC4CC[C@@]5(C)C(=CC[C@H]6[C@@H]7CC[C@H]([C@H](C)CCCC(C)C)[C@@]7(C)CC[C@@H]65)C4)cc3)s2)cc1. The fraction of sp³-hybridized carbons (Fsp3) is 0.655. The Morgan fingerprint density at radius 2 is 1.47 bits per heavy atom. The number of benzene rings is 2. The number of unbranched alkanes of at least 4 members (excludes halogenated alkanes) is 7. The summed E-state index contributed by atoms with van der Waals surface area (Å²) < 4.78 is 18.2. The van der Waals surface area contributed by atoms with Crippen molar-refractivity contribution in [3.8, 4) is 21.9 Å². The second-order valence-electron chi connectivity index (χ2n) is 21.4. The Kier molecular flexibility index (Phi) is 17.7. The van der Waals surface area contributed by atoms with Gasteiger partial charge in [0.15, 0.2) is 0 Å². The van der Waals surface area contributed by atoms with Crippen LogP contribution in [0.1, 0.15) is 182 Å². The lowest BCUT2D eigenvalue weighted by Gasteiger charge is -2.58. The van der Waals surface area contributed by atoms with Crippen molar-refractivity contribution in [3.05, 3.63) is 77.9 Å². The van der Waals surface area contributed by atoms with Gasteiger partial charge in [0.25, 0.3) is 0 Å². The molecule has 3 fully saturated rings. The van der Waals surface area contributed by atoms with E-state index in [0.717, 1.165) is 103 Å². The van der Waals surface area contributed by atoms with Gasteiger partial charge in [0, 0.05) is 23.9 Å². The third-order valence-electron chi connectivity index (χ3n) is 16.6. The van der Waals surface area contributed by atoms with E-state index in [9.17, 15) is 4.79 Å². The van der Waals surface area contributed by atoms with E-state index in [4.69, 9.17) is 19.2 Å². The minimum absolute atomic E-state index is 0.0223. The Morgan fingerprint density at radius 1 is 0.766 bits per heavy atom. The van der Waals surface area contributed by atoms with Gasteiger partial charge in [-0.3, -0.25) is 4.79 Å². The highest BCUT2D eigenvalue weighted by molar-refractivity contribution is 7.19. The lowest BCUT2D eigenvalue weighted by Crippen LogP contribution is -2.51. The lowest BCUT2D eigenvalue weighted by atomic mass is 9.47. The average Bonchev–Trinajstić information content (AvgIpc) is 3.92. The van der Waals surface area contributed by atoms with Crippen LogP contribution in [0.4, 0.5) is 5.00 Å². The van der Waals surface area contributed by atoms with Crippen molar-refractivity contribution in [2.24, 2.45) is 51.3 Å². The van der Waals surface area contributed by atoms with Gasteiger partial charge < -0.3 is 14.2 Å². The Balaban J connectivity index is 0.765. The van der Waals surface area contributed by atoms with E-state index in [1.54, 1.807) is 16.9 Å². The molecular weight excluding hydrogens is 807 g/mol. The molecule has 6 heteroatoms. The summed E-state index contributed by atoms with van der Waals surface area (Å²) in [6.45, 7) is 16.3. The standard InChI is InChI=1S/C58H83NO4S/c1-7-8-9-10-11-14-38-62-48-27-22-45(23-28-48)54-32-33-55(64-54)59-41-44-20-25-47(26-21-44)61-39-15-12-13-19-56(60)63-49-34-36-57(5)46(40-49)24-29-50-52-31-30-51(43(4)18-16-17-42(2)3)58(52,6)37-35-53(50)57/h20-28,32-33,41-43,49-53H,7-19,29-31,34-40H2,1-6H3/b59-41+/t43-,49?,50+,51-,52+,53+,57+,58-/m1/s1. The van der Waals surface area contributed by atoms with Gasteiger partial charge in [-0.2, -0.15) is 0 Å². The number of ether oxygens (including phenoxy) is 3. The van der Waals surface area contributed by atoms with Gasteiger partial charge in [-0.05, 0) is 189 Å². The van der Waals surface area contributed by atoms with Crippen molar-refractivity contribution >= 4 is 28.5 Å². The van der Waals surface area contributed by atoms with E-state index in [2.05, 4.69) is 96.1 Å². The van der Waals surface area contributed by atoms with Crippen molar-refractivity contribution in [2.75, 3.05) is 13.2 Å². The number of thiophene rings is 1. The molecule has 4 aliphatic carbocycles. The number of allylic oxidation sites excluding steroid dienone is 1. The minimum atomic E-state index is -0.0223. The molecule has 0 spiro atoms. The largest absolute Gasteiger partial charge is 0.494 e. The first-order valence-corrected chi connectivity index (χ1v) is 26.9. The highest BCUT2D eigenvalue weighted by Crippen LogP contribution is 2.67. The molecule has 3 saturated carbocycles. The second-order valence-corrected chi connectivity index (χ2v) is 22.5. The van der Waals surface area contributed by atoms with Crippen molar-refractivity contribution in [1.82, 2.24) is 0 Å². The zero-order chi connectivity index (χ0) is 44.9. The molecule has 64 heavy (non-hydrogen) atoms. The average molecular weight is 890 g/mol. The van der Waals surface area contributed by atoms with E-state index >= 15 is 0 Å². The molecule has 2 aromatic carbocycles. The van der Waals surface area contributed by atoms with Gasteiger partial charge in [-0.25, -0.2) is 4.99 Å². The number of esters is 1. The van der Waals surface area contributed by atoms with Crippen molar-refractivity contribution < 1.29 is 19.0 Å². The number of hydrogen-bond acceptors (Lipinski definition) is 6. The maximum absolute atomic E-state index is 13.0. The molecule has 8 atom stereocenters. The Morgan fingerprint density at radius 3 is 2.20 bits per heavy atom. The Hall–Kier alpha value is -3.38. The van der Waals surface area contributed by atoms with Crippen LogP contribution in [0.25, 0.3) is 10.4 Å². The van der Waals surface area contributed by atoms with Crippen molar-refractivity contribution in [2.45, 2.75) is 182 Å². The summed E-state index contributed by atoms with van der Waals surface area (Å²) in [5.41, 5.74) is 4.63. The maximum Gasteiger partial charge on any atom is 0.306 e. The summed E-state index contributed by atoms with van der Waals surface area (Å²) in [4.78, 5) is 18.9. The number of nitrogens with zero attached hydrogens (tertiary/aromatic N) is 1. The van der Waals surface area contributed by atoms with E-state index in [1.165, 1.54) is 100 Å². The van der Waals surface area contributed by atoms with Crippen LogP contribution in [-0.2, 0) is 9.53 Å². The zero-order valence-electron chi connectivity index (χ0n) is 40.7. The van der Waals surface area contributed by atoms with E-state index < -0.39 is 0 Å². The molecule has 0 saturated heterocycles. The van der Waals surface area contributed by atoms with E-state index in [-0.39, 0.29) is 17.5 Å². The summed E-state index contributed by atoms with van der Waals surface area (Å²) in [5.74, 6) is 6.87. The van der Waals surface area contributed by atoms with Gasteiger partial charge in [-0.1, -0.05) is 105 Å². The number of hydrogen-bond donors (Lipinski definition) is 0. The molecule has 0 aliphatic heterocycles. The molecule has 5 nitrogen and oxygen atoms in total. The van der Waals surface area contributed by atoms with Gasteiger partial charge in [0.2, 0.25) is 0 Å². The summed E-state index contributed by atoms with van der Waals surface area (Å²) in [5, 5.41) is 0.977. The molecule has 3 aromatic rings. The van der Waals surface area contributed by atoms with Gasteiger partial charge in [0.05, 0.1) is 13.2 Å². The Bertz CT molecular complexity index is 1950. The van der Waals surface area contributed by atoms with Crippen molar-refractivity contribution in [3.63, 3.8) is 0 Å². The fourth-order valence-corrected chi connectivity index (χ4v) is 13.7. The van der Waals surface area contributed by atoms with E-state index in [1.807, 2.05) is 18.3 Å². The molecule has 0 N–H and O–H groups in total. The van der Waals surface area contributed by atoms with Crippen LogP contribution < -0.4 is 9.47 Å². The molecule has 1 heterocycles. The second kappa shape index (κ2) is 23.4. The molecule has 1 unspecified atom stereocenters. The monoisotopic (exact) mass is 890 g/mol. The smallest absolute Gasteiger partial charge is 0.306 e. The highest BCUT2D eigenvalue weighted by atomic mass is 32.1. The van der Waals surface area contributed by atoms with Gasteiger partial charge in [0.1, 0.15) is 22.6 Å². The summed E-state index contributed by atoms with van der Waals surface area (Å²) in [7, 11) is 0. The first-order chi connectivity index (χ1) is 31.1. The zero-order valence-corrected chi connectivity index (χ0v) is 41.5. The van der Waals surface area contributed by atoms with Gasteiger partial charge >= 0.3 is 5.97 Å². The fourth-order valence-electron chi connectivity index (χ4n) is 12.9. The van der Waals surface area contributed by atoms with Crippen LogP contribution in [0.5, 0.6) is 11.5 Å². The third-order valence-corrected chi connectivity index (χ3v) is 17.6. The number of aliphatic imine (C=N–C) groups is 1. The maximum atomic E-state index is 13.0. The molecule has 350 valence electrons. The quantitative estimate of drug-likeness (QED) is 0.0389. The lowest BCUT2D eigenvalue weighted by molar-refractivity contribution is -0.151. The number of carbonyl (C=O) groups excluding carboxylic acids is 1.